The van der Waals surface area contributed by atoms with E-state index in [-0.39, 0.29) is 5.41 Å². The molecule has 1 aromatic carbocycles. The van der Waals surface area contributed by atoms with Gasteiger partial charge < -0.3 is 4.74 Å². The average molecular weight is 317 g/mol. The molecule has 5 heteroatoms. The molecule has 1 aliphatic heterocycles. The maximum Gasteiger partial charge on any atom is 0.429 e. The van der Waals surface area contributed by atoms with Crippen molar-refractivity contribution in [2.24, 2.45) is 0 Å². The van der Waals surface area contributed by atoms with Crippen molar-refractivity contribution in [3.05, 3.63) is 33.9 Å². The lowest BCUT2D eigenvalue weighted by Crippen LogP contribution is -2.35. The first-order chi connectivity index (χ1) is 9.70. The molecule has 0 N–H and O–H groups in total. The molecule has 0 aromatic heterocycles. The third-order valence-corrected chi connectivity index (χ3v) is 4.58. The van der Waals surface area contributed by atoms with Crippen LogP contribution in [0.3, 0.4) is 0 Å². The molecule has 0 bridgehead atoms. The normalized spacial score (nSPS) is 23.2. The lowest BCUT2D eigenvalue weighted by molar-refractivity contribution is -0.180. The minimum Gasteiger partial charge on any atom is -0.476 e. The second-order valence-electron chi connectivity index (χ2n) is 6.31. The Labute approximate surface area is 126 Å². The summed E-state index contributed by atoms with van der Waals surface area (Å²) in [5.74, 6) is 0.354. The third kappa shape index (κ3) is 2.44. The van der Waals surface area contributed by atoms with Gasteiger partial charge in [0.05, 0.1) is 0 Å². The largest absolute Gasteiger partial charge is 0.476 e. The van der Waals surface area contributed by atoms with Crippen LogP contribution in [0.2, 0.25) is 5.02 Å². The summed E-state index contributed by atoms with van der Waals surface area (Å²) in [5, 5.41) is 0.618. The molecule has 1 atom stereocenters. The number of benzene rings is 1. The smallest absolute Gasteiger partial charge is 0.429 e. The van der Waals surface area contributed by atoms with Crippen LogP contribution in [0.15, 0.2) is 12.1 Å². The number of halogens is 4. The summed E-state index contributed by atoms with van der Waals surface area (Å²) in [6.07, 6.45) is -1.16. The van der Waals surface area contributed by atoms with E-state index in [0.717, 1.165) is 30.0 Å². The Balaban J connectivity index is 2.15. The van der Waals surface area contributed by atoms with Crippen LogP contribution in [0.25, 0.3) is 6.08 Å². The van der Waals surface area contributed by atoms with Crippen molar-refractivity contribution in [1.29, 1.82) is 0 Å². The van der Waals surface area contributed by atoms with Crippen LogP contribution in [0.1, 0.15) is 43.4 Å². The number of hydrogen-bond acceptors (Lipinski definition) is 1. The molecule has 2 aliphatic rings. The molecule has 1 nitrogen and oxygen atoms in total. The second-order valence-corrected chi connectivity index (χ2v) is 6.71. The van der Waals surface area contributed by atoms with E-state index in [1.165, 1.54) is 6.08 Å². The maximum atomic E-state index is 12.9. The van der Waals surface area contributed by atoms with Crippen molar-refractivity contribution >= 4 is 17.7 Å². The van der Waals surface area contributed by atoms with E-state index in [9.17, 15) is 13.2 Å². The van der Waals surface area contributed by atoms with E-state index in [1.54, 1.807) is 6.07 Å². The van der Waals surface area contributed by atoms with Crippen molar-refractivity contribution in [2.45, 2.75) is 50.8 Å². The van der Waals surface area contributed by atoms with E-state index < -0.39 is 12.3 Å². The Morgan fingerprint density at radius 1 is 1.33 bits per heavy atom. The van der Waals surface area contributed by atoms with E-state index >= 15 is 0 Å². The quantitative estimate of drug-likeness (QED) is 0.632. The summed E-state index contributed by atoms with van der Waals surface area (Å²) >= 11 is 6.38. The number of rotatable bonds is 0. The van der Waals surface area contributed by atoms with Gasteiger partial charge in [-0.2, -0.15) is 13.2 Å². The van der Waals surface area contributed by atoms with Crippen LogP contribution in [-0.4, -0.2) is 12.3 Å². The van der Waals surface area contributed by atoms with Gasteiger partial charge in [-0.1, -0.05) is 31.5 Å². The molecular weight excluding hydrogens is 301 g/mol. The predicted octanol–water partition coefficient (Wildman–Crippen LogP) is 5.29. The standard InChI is InChI=1S/C16H16ClF3O/c1-15(2)7-3-4-10-13(15)11(17)8-9-5-6-12(16(18,19)20)21-14(9)10/h5-6,8,12H,3-4,7H2,1-2H3. The molecular formula is C16H16ClF3O. The van der Waals surface area contributed by atoms with Crippen LogP contribution in [-0.2, 0) is 11.8 Å². The number of ether oxygens (including phenoxy) is 1. The first-order valence-electron chi connectivity index (χ1n) is 6.97. The molecule has 1 aromatic rings. The summed E-state index contributed by atoms with van der Waals surface area (Å²) < 4.78 is 44.0. The zero-order valence-corrected chi connectivity index (χ0v) is 12.6. The first-order valence-corrected chi connectivity index (χ1v) is 7.35. The molecule has 0 saturated carbocycles. The van der Waals surface area contributed by atoms with Crippen LogP contribution < -0.4 is 4.74 Å². The molecule has 1 unspecified atom stereocenters. The summed E-state index contributed by atoms with van der Waals surface area (Å²) in [4.78, 5) is 0. The Morgan fingerprint density at radius 2 is 2.05 bits per heavy atom. The minimum absolute atomic E-state index is 0.141. The van der Waals surface area contributed by atoms with Crippen molar-refractivity contribution in [2.75, 3.05) is 0 Å². The highest BCUT2D eigenvalue weighted by Crippen LogP contribution is 2.48. The van der Waals surface area contributed by atoms with E-state index in [2.05, 4.69) is 13.8 Å². The maximum absolute atomic E-state index is 12.9. The highest BCUT2D eigenvalue weighted by atomic mass is 35.5. The topological polar surface area (TPSA) is 9.23 Å². The Morgan fingerprint density at radius 3 is 2.71 bits per heavy atom. The van der Waals surface area contributed by atoms with Gasteiger partial charge in [-0.05, 0) is 42.4 Å². The third-order valence-electron chi connectivity index (χ3n) is 4.28. The molecule has 0 radical (unpaired) electrons. The highest BCUT2D eigenvalue weighted by molar-refractivity contribution is 6.32. The van der Waals surface area contributed by atoms with Crippen LogP contribution in [0, 0.1) is 0 Å². The molecule has 21 heavy (non-hydrogen) atoms. The fourth-order valence-electron chi connectivity index (χ4n) is 3.30. The van der Waals surface area contributed by atoms with E-state index in [0.29, 0.717) is 22.8 Å². The van der Waals surface area contributed by atoms with Gasteiger partial charge in [0.25, 0.3) is 0 Å². The SMILES string of the molecule is CC1(C)CCCc2c3c(cc(Cl)c21)C=CC(C(F)(F)F)O3. The molecule has 0 spiro atoms. The molecule has 0 amide bonds. The summed E-state index contributed by atoms with van der Waals surface area (Å²) in [5.41, 5.74) is 2.27. The molecule has 1 aliphatic carbocycles. The lowest BCUT2D eigenvalue weighted by atomic mass is 9.72. The molecule has 3 rings (SSSR count). The van der Waals surface area contributed by atoms with Gasteiger partial charge in [0.15, 0.2) is 0 Å². The van der Waals surface area contributed by atoms with Crippen LogP contribution in [0.4, 0.5) is 13.2 Å². The zero-order valence-electron chi connectivity index (χ0n) is 11.9. The highest BCUT2D eigenvalue weighted by Gasteiger charge is 2.43. The van der Waals surface area contributed by atoms with Crippen LogP contribution in [0.5, 0.6) is 5.75 Å². The Bertz CT molecular complexity index is 617. The fraction of sp³-hybridized carbons (Fsp3) is 0.500. The van der Waals surface area contributed by atoms with Gasteiger partial charge in [0.1, 0.15) is 5.75 Å². The summed E-state index contributed by atoms with van der Waals surface area (Å²) in [7, 11) is 0. The van der Waals surface area contributed by atoms with Gasteiger partial charge in [0.2, 0.25) is 6.10 Å². The average Bonchev–Trinajstić information content (AvgIpc) is 2.36. The Hall–Kier alpha value is -1.16. The summed E-state index contributed by atoms with van der Waals surface area (Å²) in [6.45, 7) is 4.15. The predicted molar refractivity (Wildman–Crippen MR) is 76.9 cm³/mol. The van der Waals surface area contributed by atoms with Crippen LogP contribution >= 0.6 is 11.6 Å². The monoisotopic (exact) mass is 316 g/mol. The number of hydrogen-bond donors (Lipinski definition) is 0. The van der Waals surface area contributed by atoms with E-state index in [1.807, 2.05) is 0 Å². The summed E-state index contributed by atoms with van der Waals surface area (Å²) in [6, 6.07) is 1.71. The van der Waals surface area contributed by atoms with Gasteiger partial charge >= 0.3 is 6.18 Å². The minimum atomic E-state index is -4.40. The van der Waals surface area contributed by atoms with E-state index in [4.69, 9.17) is 16.3 Å². The van der Waals surface area contributed by atoms with Gasteiger partial charge in [-0.25, -0.2) is 0 Å². The molecule has 114 valence electrons. The molecule has 1 heterocycles. The second kappa shape index (κ2) is 4.67. The van der Waals surface area contributed by atoms with Crippen molar-refractivity contribution in [3.63, 3.8) is 0 Å². The fourth-order valence-corrected chi connectivity index (χ4v) is 3.79. The van der Waals surface area contributed by atoms with Crippen molar-refractivity contribution in [1.82, 2.24) is 0 Å². The molecule has 0 fully saturated rings. The Kier molecular flexibility index (Phi) is 3.28. The van der Waals surface area contributed by atoms with Gasteiger partial charge in [-0.3, -0.25) is 0 Å². The van der Waals surface area contributed by atoms with Gasteiger partial charge in [-0.15, -0.1) is 0 Å². The lowest BCUT2D eigenvalue weighted by Gasteiger charge is -2.36. The number of alkyl halides is 3. The molecule has 0 saturated heterocycles. The van der Waals surface area contributed by atoms with Crippen molar-refractivity contribution in [3.8, 4) is 5.75 Å². The first kappa shape index (κ1) is 14.8. The number of fused-ring (bicyclic) bond motifs is 3. The van der Waals surface area contributed by atoms with Gasteiger partial charge in [0, 0.05) is 16.1 Å². The zero-order chi connectivity index (χ0) is 15.4. The van der Waals surface area contributed by atoms with Crippen molar-refractivity contribution < 1.29 is 17.9 Å².